The second-order valence-electron chi connectivity index (χ2n) is 4.38. The largest absolute Gasteiger partial charge is 0.242 e. The third-order valence-electron chi connectivity index (χ3n) is 3.17. The number of rotatable bonds is 2. The average Bonchev–Trinajstić information content (AvgIpc) is 2.38. The molecule has 1 aromatic carbocycles. The minimum atomic E-state index is -1.27. The highest BCUT2D eigenvalue weighted by molar-refractivity contribution is 5.37. The molecule has 0 bridgehead atoms. The molecule has 1 aromatic rings. The van der Waals surface area contributed by atoms with Gasteiger partial charge in [0.15, 0.2) is 0 Å². The molecule has 1 aliphatic carbocycles. The summed E-state index contributed by atoms with van der Waals surface area (Å²) in [6, 6.07) is 7.96. The van der Waals surface area contributed by atoms with E-state index < -0.39 is 18.0 Å². The molecule has 1 aliphatic rings. The van der Waals surface area contributed by atoms with Crippen LogP contribution in [0.5, 0.6) is 0 Å². The van der Waals surface area contributed by atoms with E-state index in [0.29, 0.717) is 11.1 Å². The van der Waals surface area contributed by atoms with Crippen LogP contribution < -0.4 is 0 Å². The van der Waals surface area contributed by atoms with E-state index in [2.05, 4.69) is 0 Å². The third-order valence-corrected chi connectivity index (χ3v) is 3.17. The average molecular weight is 245 g/mol. The summed E-state index contributed by atoms with van der Waals surface area (Å²) in [5.41, 5.74) is 1.05. The highest BCUT2D eigenvalue weighted by Crippen LogP contribution is 2.34. The van der Waals surface area contributed by atoms with Gasteiger partial charge in [-0.25, -0.2) is 8.78 Å². The molecule has 0 radical (unpaired) electrons. The van der Waals surface area contributed by atoms with Gasteiger partial charge in [-0.3, -0.25) is 0 Å². The summed E-state index contributed by atoms with van der Waals surface area (Å²) < 4.78 is 27.5. The van der Waals surface area contributed by atoms with Crippen LogP contribution in [0, 0.1) is 23.1 Å². The summed E-state index contributed by atoms with van der Waals surface area (Å²) in [5, 5.41) is 8.86. The molecule has 0 heterocycles. The molecule has 0 saturated heterocycles. The van der Waals surface area contributed by atoms with Crippen molar-refractivity contribution in [3.63, 3.8) is 0 Å². The van der Waals surface area contributed by atoms with Crippen LogP contribution in [0.25, 0.3) is 0 Å². The lowest BCUT2D eigenvalue weighted by molar-refractivity contribution is 0.335. The van der Waals surface area contributed by atoms with E-state index in [9.17, 15) is 8.78 Å². The lowest BCUT2D eigenvalue weighted by atomic mass is 9.82. The fourth-order valence-corrected chi connectivity index (χ4v) is 2.13. The van der Waals surface area contributed by atoms with Gasteiger partial charge < -0.3 is 0 Å². The van der Waals surface area contributed by atoms with Crippen molar-refractivity contribution in [1.29, 1.82) is 5.26 Å². The molecule has 3 heteroatoms. The zero-order valence-electron chi connectivity index (χ0n) is 9.98. The normalized spacial score (nSPS) is 24.2. The quantitative estimate of drug-likeness (QED) is 0.775. The molecule has 0 N–H and O–H groups in total. The molecule has 18 heavy (non-hydrogen) atoms. The number of hydrogen-bond acceptors (Lipinski definition) is 1. The SMILES string of the molecule is CC(C#N)C1=CC=CC(c2cccc(F)c2)C1F. The monoisotopic (exact) mass is 245 g/mol. The van der Waals surface area contributed by atoms with E-state index in [1.54, 1.807) is 37.3 Å². The second kappa shape index (κ2) is 5.14. The van der Waals surface area contributed by atoms with Gasteiger partial charge in [-0.05, 0) is 30.2 Å². The summed E-state index contributed by atoms with van der Waals surface area (Å²) in [6.45, 7) is 1.67. The van der Waals surface area contributed by atoms with Gasteiger partial charge in [0.2, 0.25) is 0 Å². The number of alkyl halides is 1. The number of nitriles is 1. The zero-order chi connectivity index (χ0) is 13.1. The third kappa shape index (κ3) is 2.33. The standard InChI is InChI=1S/C15H13F2N/c1-10(9-18)13-6-3-7-14(15(13)17)11-4-2-5-12(16)8-11/h2-8,10,14-15H,1H3. The Morgan fingerprint density at radius 3 is 2.83 bits per heavy atom. The van der Waals surface area contributed by atoms with Gasteiger partial charge in [-0.2, -0.15) is 5.26 Å². The Bertz CT molecular complexity index is 540. The fourth-order valence-electron chi connectivity index (χ4n) is 2.13. The van der Waals surface area contributed by atoms with Crippen molar-refractivity contribution in [2.75, 3.05) is 0 Å². The van der Waals surface area contributed by atoms with Crippen molar-refractivity contribution in [1.82, 2.24) is 0 Å². The number of allylic oxidation sites excluding steroid dienone is 4. The smallest absolute Gasteiger partial charge is 0.133 e. The van der Waals surface area contributed by atoms with Gasteiger partial charge in [0.1, 0.15) is 12.0 Å². The maximum atomic E-state index is 14.4. The van der Waals surface area contributed by atoms with Gasteiger partial charge in [0.05, 0.1) is 12.0 Å². The second-order valence-corrected chi connectivity index (χ2v) is 4.38. The van der Waals surface area contributed by atoms with Crippen molar-refractivity contribution in [2.45, 2.75) is 19.0 Å². The van der Waals surface area contributed by atoms with Crippen molar-refractivity contribution in [2.24, 2.45) is 5.92 Å². The summed E-state index contributed by atoms with van der Waals surface area (Å²) in [4.78, 5) is 0. The van der Waals surface area contributed by atoms with Crippen LogP contribution in [0.3, 0.4) is 0 Å². The van der Waals surface area contributed by atoms with Crippen molar-refractivity contribution in [3.05, 3.63) is 59.4 Å². The minimum Gasteiger partial charge on any atom is -0.242 e. The Hall–Kier alpha value is -1.95. The molecule has 1 nitrogen and oxygen atoms in total. The maximum absolute atomic E-state index is 14.4. The van der Waals surface area contributed by atoms with E-state index in [0.717, 1.165) is 0 Å². The van der Waals surface area contributed by atoms with Crippen LogP contribution in [0.15, 0.2) is 48.1 Å². The molecule has 0 spiro atoms. The van der Waals surface area contributed by atoms with E-state index in [1.165, 1.54) is 12.1 Å². The summed E-state index contributed by atoms with van der Waals surface area (Å²) >= 11 is 0. The fraction of sp³-hybridized carbons (Fsp3) is 0.267. The first-order valence-electron chi connectivity index (χ1n) is 5.81. The Morgan fingerprint density at radius 2 is 2.17 bits per heavy atom. The number of hydrogen-bond donors (Lipinski definition) is 0. The molecule has 92 valence electrons. The van der Waals surface area contributed by atoms with Crippen molar-refractivity contribution in [3.8, 4) is 6.07 Å². The molecule has 0 amide bonds. The van der Waals surface area contributed by atoms with Gasteiger partial charge in [-0.1, -0.05) is 30.4 Å². The zero-order valence-corrected chi connectivity index (χ0v) is 9.98. The van der Waals surface area contributed by atoms with Crippen LogP contribution in [0.2, 0.25) is 0 Å². The van der Waals surface area contributed by atoms with Gasteiger partial charge >= 0.3 is 0 Å². The van der Waals surface area contributed by atoms with Crippen molar-refractivity contribution < 1.29 is 8.78 Å². The predicted octanol–water partition coefficient (Wildman–Crippen LogP) is 3.90. The lowest BCUT2D eigenvalue weighted by Crippen LogP contribution is -2.21. The van der Waals surface area contributed by atoms with E-state index in [-0.39, 0.29) is 5.82 Å². The van der Waals surface area contributed by atoms with Crippen LogP contribution in [0.1, 0.15) is 18.4 Å². The Balaban J connectivity index is 2.31. The Labute approximate surface area is 105 Å². The first-order chi connectivity index (χ1) is 8.63. The van der Waals surface area contributed by atoms with Gasteiger partial charge in [0, 0.05) is 5.92 Å². The van der Waals surface area contributed by atoms with Crippen molar-refractivity contribution >= 4 is 0 Å². The van der Waals surface area contributed by atoms with Crippen LogP contribution >= 0.6 is 0 Å². The summed E-state index contributed by atoms with van der Waals surface area (Å²) in [6.07, 6.45) is 3.79. The Morgan fingerprint density at radius 1 is 1.39 bits per heavy atom. The van der Waals surface area contributed by atoms with Crippen LogP contribution in [0.4, 0.5) is 8.78 Å². The number of nitrogens with zero attached hydrogens (tertiary/aromatic N) is 1. The molecule has 0 fully saturated rings. The highest BCUT2D eigenvalue weighted by atomic mass is 19.1. The summed E-state index contributed by atoms with van der Waals surface area (Å²) in [5.74, 6) is -1.37. The highest BCUT2D eigenvalue weighted by Gasteiger charge is 2.29. The first kappa shape index (κ1) is 12.5. The first-order valence-corrected chi connectivity index (χ1v) is 5.81. The maximum Gasteiger partial charge on any atom is 0.133 e. The molecular weight excluding hydrogens is 232 g/mol. The molecule has 3 unspecified atom stereocenters. The molecule has 0 aromatic heterocycles. The molecule has 0 aliphatic heterocycles. The van der Waals surface area contributed by atoms with Gasteiger partial charge in [0.25, 0.3) is 0 Å². The van der Waals surface area contributed by atoms with Crippen LogP contribution in [-0.2, 0) is 0 Å². The molecule has 3 atom stereocenters. The molecule has 0 saturated carbocycles. The number of halogens is 2. The molecular formula is C15H13F2N. The Kier molecular flexibility index (Phi) is 3.57. The topological polar surface area (TPSA) is 23.8 Å². The lowest BCUT2D eigenvalue weighted by Gasteiger charge is -2.25. The molecule has 2 rings (SSSR count). The van der Waals surface area contributed by atoms with E-state index in [4.69, 9.17) is 5.26 Å². The summed E-state index contributed by atoms with van der Waals surface area (Å²) in [7, 11) is 0. The van der Waals surface area contributed by atoms with E-state index >= 15 is 0 Å². The van der Waals surface area contributed by atoms with E-state index in [1.807, 2.05) is 6.07 Å². The predicted molar refractivity (Wildman–Crippen MR) is 66.0 cm³/mol. The van der Waals surface area contributed by atoms with Crippen LogP contribution in [-0.4, -0.2) is 6.17 Å². The van der Waals surface area contributed by atoms with Gasteiger partial charge in [-0.15, -0.1) is 0 Å². The number of benzene rings is 1. The minimum absolute atomic E-state index is 0.377.